The molecular weight excluding hydrogens is 389 g/mol. The number of nitrogens with one attached hydrogen (secondary N) is 1. The predicted molar refractivity (Wildman–Crippen MR) is 99.7 cm³/mol. The van der Waals surface area contributed by atoms with E-state index in [9.17, 15) is 0 Å². The number of halogens is 1. The molecule has 22 heavy (non-hydrogen) atoms. The van der Waals surface area contributed by atoms with Crippen LogP contribution in [0.5, 0.6) is 0 Å². The van der Waals surface area contributed by atoms with Crippen LogP contribution in [-0.4, -0.2) is 21.6 Å². The van der Waals surface area contributed by atoms with Gasteiger partial charge in [-0.3, -0.25) is 0 Å². The number of guanidine groups is 1. The molecule has 1 aromatic heterocycles. The van der Waals surface area contributed by atoms with Crippen LogP contribution in [-0.2, 0) is 6.54 Å². The van der Waals surface area contributed by atoms with E-state index in [1.807, 2.05) is 16.8 Å². The minimum Gasteiger partial charge on any atom is -0.370 e. The third-order valence-electron chi connectivity index (χ3n) is 3.85. The first-order valence-electron chi connectivity index (χ1n) is 7.45. The van der Waals surface area contributed by atoms with E-state index < -0.39 is 0 Å². The fourth-order valence-corrected chi connectivity index (χ4v) is 2.73. The third-order valence-corrected chi connectivity index (χ3v) is 3.85. The van der Waals surface area contributed by atoms with Crippen molar-refractivity contribution in [3.63, 3.8) is 0 Å². The molecular formula is C16H22IN5. The van der Waals surface area contributed by atoms with Crippen LogP contribution in [0.15, 0.2) is 48.0 Å². The Bertz CT molecular complexity index is 603. The second-order valence-electron chi connectivity index (χ2n) is 5.47. The first-order chi connectivity index (χ1) is 10.3. The van der Waals surface area contributed by atoms with Gasteiger partial charge in [-0.2, -0.15) is 0 Å². The summed E-state index contributed by atoms with van der Waals surface area (Å²) in [4.78, 5) is 8.50. The van der Waals surface area contributed by atoms with Gasteiger partial charge in [0.15, 0.2) is 5.96 Å². The average molecular weight is 411 g/mol. The van der Waals surface area contributed by atoms with E-state index in [0.717, 1.165) is 11.3 Å². The summed E-state index contributed by atoms with van der Waals surface area (Å²) in [5, 5.41) is 3.30. The molecule has 0 aliphatic heterocycles. The largest absolute Gasteiger partial charge is 0.370 e. The lowest BCUT2D eigenvalue weighted by Crippen LogP contribution is -2.38. The van der Waals surface area contributed by atoms with Crippen molar-refractivity contribution in [1.82, 2.24) is 14.9 Å². The normalized spacial score (nSPS) is 15.5. The van der Waals surface area contributed by atoms with Crippen molar-refractivity contribution < 1.29 is 0 Å². The molecule has 1 fully saturated rings. The quantitative estimate of drug-likeness (QED) is 0.462. The number of aromatic nitrogens is 2. The van der Waals surface area contributed by atoms with Crippen molar-refractivity contribution >= 4 is 29.9 Å². The summed E-state index contributed by atoms with van der Waals surface area (Å²) in [5.41, 5.74) is 8.18. The Kier molecular flexibility index (Phi) is 6.23. The molecule has 1 saturated carbocycles. The Morgan fingerprint density at radius 1 is 1.36 bits per heavy atom. The molecule has 3 N–H and O–H groups in total. The number of nitrogens with zero attached hydrogens (tertiary/aromatic N) is 3. The van der Waals surface area contributed by atoms with Gasteiger partial charge >= 0.3 is 0 Å². The number of hydrogen-bond donors (Lipinski definition) is 2. The summed E-state index contributed by atoms with van der Waals surface area (Å²) in [6.07, 6.45) is 10.5. The summed E-state index contributed by atoms with van der Waals surface area (Å²) in [7, 11) is 0. The lowest BCUT2D eigenvalue weighted by atomic mass is 10.2. The van der Waals surface area contributed by atoms with Gasteiger partial charge in [-0.1, -0.05) is 25.0 Å². The van der Waals surface area contributed by atoms with E-state index in [4.69, 9.17) is 5.73 Å². The van der Waals surface area contributed by atoms with Gasteiger partial charge < -0.3 is 15.6 Å². The van der Waals surface area contributed by atoms with Crippen LogP contribution >= 0.6 is 24.0 Å². The molecule has 118 valence electrons. The number of nitrogens with two attached hydrogens (primary N) is 1. The van der Waals surface area contributed by atoms with E-state index in [0.29, 0.717) is 18.5 Å². The summed E-state index contributed by atoms with van der Waals surface area (Å²) in [6.45, 7) is 0.591. The van der Waals surface area contributed by atoms with E-state index in [1.54, 1.807) is 12.5 Å². The highest BCUT2D eigenvalue weighted by atomic mass is 127. The van der Waals surface area contributed by atoms with E-state index in [-0.39, 0.29) is 24.0 Å². The zero-order valence-electron chi connectivity index (χ0n) is 12.5. The summed E-state index contributed by atoms with van der Waals surface area (Å²) in [5.74, 6) is 0.551. The lowest BCUT2D eigenvalue weighted by molar-refractivity contribution is 0.625. The van der Waals surface area contributed by atoms with Gasteiger partial charge in [-0.15, -0.1) is 24.0 Å². The number of hydrogen-bond acceptors (Lipinski definition) is 2. The maximum absolute atomic E-state index is 5.96. The Hall–Kier alpha value is -1.57. The fourth-order valence-electron chi connectivity index (χ4n) is 2.73. The molecule has 3 rings (SSSR count). The Morgan fingerprint density at radius 2 is 2.18 bits per heavy atom. The molecule has 0 bridgehead atoms. The van der Waals surface area contributed by atoms with E-state index in [2.05, 4.69) is 33.5 Å². The van der Waals surface area contributed by atoms with Crippen molar-refractivity contribution in [2.24, 2.45) is 10.7 Å². The van der Waals surface area contributed by atoms with Crippen LogP contribution in [0.3, 0.4) is 0 Å². The van der Waals surface area contributed by atoms with Gasteiger partial charge in [0.2, 0.25) is 0 Å². The van der Waals surface area contributed by atoms with Crippen LogP contribution in [0, 0.1) is 0 Å². The molecule has 1 aliphatic rings. The van der Waals surface area contributed by atoms with Gasteiger partial charge in [-0.05, 0) is 30.5 Å². The van der Waals surface area contributed by atoms with Crippen LogP contribution in [0.2, 0.25) is 0 Å². The standard InChI is InChI=1S/C16H21N5.HI/c17-16(20-14-5-1-2-6-14)19-11-13-4-3-7-15(10-13)21-9-8-18-12-21;/h3-4,7-10,12,14H,1-2,5-6,11H2,(H3,17,19,20);1H. The Labute approximate surface area is 148 Å². The molecule has 1 aliphatic carbocycles. The molecule has 6 heteroatoms. The molecule has 0 atom stereocenters. The van der Waals surface area contributed by atoms with Crippen molar-refractivity contribution in [1.29, 1.82) is 0 Å². The smallest absolute Gasteiger partial charge is 0.189 e. The van der Waals surface area contributed by atoms with Gasteiger partial charge in [0.05, 0.1) is 12.9 Å². The topological polar surface area (TPSA) is 68.2 Å². The fraction of sp³-hybridized carbons (Fsp3) is 0.375. The summed E-state index contributed by atoms with van der Waals surface area (Å²) >= 11 is 0. The average Bonchev–Trinajstić information content (AvgIpc) is 3.19. The van der Waals surface area contributed by atoms with Crippen molar-refractivity contribution in [3.05, 3.63) is 48.5 Å². The molecule has 2 aromatic rings. The zero-order valence-corrected chi connectivity index (χ0v) is 14.8. The third kappa shape index (κ3) is 4.46. The highest BCUT2D eigenvalue weighted by Gasteiger charge is 2.14. The molecule has 1 heterocycles. The lowest BCUT2D eigenvalue weighted by Gasteiger charge is -2.12. The Balaban J connectivity index is 0.00000176. The molecule has 0 spiro atoms. The zero-order chi connectivity index (χ0) is 14.5. The Morgan fingerprint density at radius 3 is 2.91 bits per heavy atom. The molecule has 0 amide bonds. The number of imidazole rings is 1. The minimum atomic E-state index is 0. The van der Waals surface area contributed by atoms with Gasteiger partial charge in [0.1, 0.15) is 0 Å². The maximum atomic E-state index is 5.96. The van der Waals surface area contributed by atoms with Crippen LogP contribution in [0.1, 0.15) is 31.2 Å². The van der Waals surface area contributed by atoms with Gasteiger partial charge in [0, 0.05) is 24.1 Å². The molecule has 5 nitrogen and oxygen atoms in total. The maximum Gasteiger partial charge on any atom is 0.189 e. The van der Waals surface area contributed by atoms with Crippen LogP contribution in [0.4, 0.5) is 0 Å². The van der Waals surface area contributed by atoms with Crippen molar-refractivity contribution in [3.8, 4) is 5.69 Å². The summed E-state index contributed by atoms with van der Waals surface area (Å²) in [6, 6.07) is 8.75. The first-order valence-corrected chi connectivity index (χ1v) is 7.45. The summed E-state index contributed by atoms with van der Waals surface area (Å²) < 4.78 is 1.98. The van der Waals surface area contributed by atoms with Gasteiger partial charge in [0.25, 0.3) is 0 Å². The highest BCUT2D eigenvalue weighted by Crippen LogP contribution is 2.17. The number of aliphatic imine (C=N–C) groups is 1. The van der Waals surface area contributed by atoms with Crippen molar-refractivity contribution in [2.45, 2.75) is 38.3 Å². The van der Waals surface area contributed by atoms with Crippen LogP contribution in [0.25, 0.3) is 5.69 Å². The highest BCUT2D eigenvalue weighted by molar-refractivity contribution is 14.0. The second-order valence-corrected chi connectivity index (χ2v) is 5.47. The van der Waals surface area contributed by atoms with E-state index >= 15 is 0 Å². The number of benzene rings is 1. The van der Waals surface area contributed by atoms with E-state index in [1.165, 1.54) is 25.7 Å². The molecule has 0 unspecified atom stereocenters. The SMILES string of the molecule is I.NC(=NCc1cccc(-n2ccnc2)c1)NC1CCCC1. The predicted octanol–water partition coefficient (Wildman–Crippen LogP) is 2.84. The van der Waals surface area contributed by atoms with Gasteiger partial charge in [-0.25, -0.2) is 9.98 Å². The molecule has 0 radical (unpaired) electrons. The second kappa shape index (κ2) is 8.17. The molecule has 0 saturated heterocycles. The first kappa shape index (κ1) is 16.8. The minimum absolute atomic E-state index is 0. The monoisotopic (exact) mass is 411 g/mol. The molecule has 1 aromatic carbocycles. The van der Waals surface area contributed by atoms with Crippen molar-refractivity contribution in [2.75, 3.05) is 0 Å². The van der Waals surface area contributed by atoms with Crippen LogP contribution < -0.4 is 11.1 Å². The number of rotatable bonds is 4.